The summed E-state index contributed by atoms with van der Waals surface area (Å²) in [5, 5.41) is 3.45. The second-order valence-electron chi connectivity index (χ2n) is 5.99. The minimum atomic E-state index is -0.0618. The lowest BCUT2D eigenvalue weighted by molar-refractivity contribution is 0.138. The Balaban J connectivity index is 1.52. The first-order valence-electron chi connectivity index (χ1n) is 7.16. The van der Waals surface area contributed by atoms with Gasteiger partial charge in [0.2, 0.25) is 0 Å². The van der Waals surface area contributed by atoms with E-state index in [0.29, 0.717) is 0 Å². The number of ether oxygens (including phenoxy) is 1. The summed E-state index contributed by atoms with van der Waals surface area (Å²) in [7, 11) is 0. The molecule has 0 saturated carbocycles. The van der Waals surface area contributed by atoms with E-state index in [4.69, 9.17) is 9.15 Å². The first-order chi connectivity index (χ1) is 9.62. The molecule has 0 atom stereocenters. The zero-order valence-electron chi connectivity index (χ0n) is 12.1. The molecule has 106 valence electrons. The molecule has 0 radical (unpaired) electrons. The van der Waals surface area contributed by atoms with Gasteiger partial charge in [-0.05, 0) is 43.2 Å². The van der Waals surface area contributed by atoms with Gasteiger partial charge in [0, 0.05) is 25.9 Å². The van der Waals surface area contributed by atoms with Crippen molar-refractivity contribution in [2.75, 3.05) is 6.54 Å². The maximum atomic E-state index is 5.89. The van der Waals surface area contributed by atoms with E-state index in [-0.39, 0.29) is 5.60 Å². The summed E-state index contributed by atoms with van der Waals surface area (Å²) < 4.78 is 11.2. The van der Waals surface area contributed by atoms with Crippen molar-refractivity contribution >= 4 is 0 Å². The molecule has 3 nitrogen and oxygen atoms in total. The second-order valence-corrected chi connectivity index (χ2v) is 5.99. The van der Waals surface area contributed by atoms with E-state index in [0.717, 1.165) is 37.4 Å². The molecule has 0 fully saturated rings. The SMILES string of the molecule is CC1(C)Cc2cc(CNCCc3ccco3)ccc2O1. The molecule has 1 aromatic heterocycles. The lowest BCUT2D eigenvalue weighted by Crippen LogP contribution is -2.24. The van der Waals surface area contributed by atoms with Crippen molar-refractivity contribution < 1.29 is 9.15 Å². The van der Waals surface area contributed by atoms with Crippen LogP contribution in [-0.4, -0.2) is 12.1 Å². The maximum Gasteiger partial charge on any atom is 0.123 e. The van der Waals surface area contributed by atoms with Crippen molar-refractivity contribution in [3.63, 3.8) is 0 Å². The molecule has 0 spiro atoms. The summed E-state index contributed by atoms with van der Waals surface area (Å²) >= 11 is 0. The molecular weight excluding hydrogens is 250 g/mol. The first-order valence-corrected chi connectivity index (χ1v) is 7.16. The lowest BCUT2D eigenvalue weighted by atomic mass is 10.0. The van der Waals surface area contributed by atoms with Crippen LogP contribution in [0.15, 0.2) is 41.0 Å². The number of hydrogen-bond donors (Lipinski definition) is 1. The molecule has 3 rings (SSSR count). The number of hydrogen-bond acceptors (Lipinski definition) is 3. The third-order valence-corrected chi connectivity index (χ3v) is 3.58. The Bertz CT molecular complexity index is 573. The lowest BCUT2D eigenvalue weighted by Gasteiger charge is -2.16. The van der Waals surface area contributed by atoms with Gasteiger partial charge in [-0.15, -0.1) is 0 Å². The van der Waals surface area contributed by atoms with Gasteiger partial charge in [-0.25, -0.2) is 0 Å². The van der Waals surface area contributed by atoms with Gasteiger partial charge in [-0.1, -0.05) is 12.1 Å². The van der Waals surface area contributed by atoms with Gasteiger partial charge < -0.3 is 14.5 Å². The highest BCUT2D eigenvalue weighted by Crippen LogP contribution is 2.35. The summed E-state index contributed by atoms with van der Waals surface area (Å²) in [5.74, 6) is 2.07. The monoisotopic (exact) mass is 271 g/mol. The molecule has 3 heteroatoms. The number of furan rings is 1. The molecule has 0 saturated heterocycles. The Morgan fingerprint density at radius 1 is 1.25 bits per heavy atom. The van der Waals surface area contributed by atoms with Crippen LogP contribution in [0.3, 0.4) is 0 Å². The van der Waals surface area contributed by atoms with E-state index < -0.39 is 0 Å². The van der Waals surface area contributed by atoms with E-state index in [2.05, 4.69) is 37.4 Å². The Morgan fingerprint density at radius 2 is 2.15 bits per heavy atom. The van der Waals surface area contributed by atoms with Crippen molar-refractivity contribution in [3.05, 3.63) is 53.5 Å². The van der Waals surface area contributed by atoms with Crippen LogP contribution >= 0.6 is 0 Å². The largest absolute Gasteiger partial charge is 0.487 e. The normalized spacial score (nSPS) is 15.9. The number of nitrogens with one attached hydrogen (secondary N) is 1. The molecule has 1 aliphatic rings. The standard InChI is InChI=1S/C17H21NO2/c1-17(2)11-14-10-13(5-6-16(14)20-17)12-18-8-7-15-4-3-9-19-15/h3-6,9-10,18H,7-8,11-12H2,1-2H3. The molecule has 2 aromatic rings. The summed E-state index contributed by atoms with van der Waals surface area (Å²) in [6.07, 6.45) is 3.63. The predicted octanol–water partition coefficient (Wildman–Crippen LogP) is 3.33. The van der Waals surface area contributed by atoms with Crippen LogP contribution in [0.1, 0.15) is 30.7 Å². The molecule has 1 N–H and O–H groups in total. The van der Waals surface area contributed by atoms with E-state index >= 15 is 0 Å². The molecule has 0 unspecified atom stereocenters. The van der Waals surface area contributed by atoms with E-state index in [1.54, 1.807) is 6.26 Å². The summed E-state index contributed by atoms with van der Waals surface area (Å²) in [5.41, 5.74) is 2.57. The third kappa shape index (κ3) is 3.05. The Labute approximate surface area is 119 Å². The minimum absolute atomic E-state index is 0.0618. The molecule has 1 aliphatic heterocycles. The van der Waals surface area contributed by atoms with Gasteiger partial charge in [-0.2, -0.15) is 0 Å². The molecule has 0 aliphatic carbocycles. The minimum Gasteiger partial charge on any atom is -0.487 e. The van der Waals surface area contributed by atoms with Crippen LogP contribution in [-0.2, 0) is 19.4 Å². The highest BCUT2D eigenvalue weighted by molar-refractivity contribution is 5.41. The smallest absolute Gasteiger partial charge is 0.123 e. The zero-order valence-corrected chi connectivity index (χ0v) is 12.1. The van der Waals surface area contributed by atoms with E-state index in [9.17, 15) is 0 Å². The topological polar surface area (TPSA) is 34.4 Å². The van der Waals surface area contributed by atoms with Crippen molar-refractivity contribution in [2.24, 2.45) is 0 Å². The predicted molar refractivity (Wildman–Crippen MR) is 79.0 cm³/mol. The number of benzene rings is 1. The molecule has 20 heavy (non-hydrogen) atoms. The van der Waals surface area contributed by atoms with Gasteiger partial charge in [0.05, 0.1) is 6.26 Å². The van der Waals surface area contributed by atoms with Gasteiger partial charge in [0.15, 0.2) is 0 Å². The van der Waals surface area contributed by atoms with Crippen molar-refractivity contribution in [2.45, 2.75) is 38.8 Å². The highest BCUT2D eigenvalue weighted by Gasteiger charge is 2.29. The van der Waals surface area contributed by atoms with Crippen LogP contribution < -0.4 is 10.1 Å². The molecule has 2 heterocycles. The van der Waals surface area contributed by atoms with E-state index in [1.807, 2.05) is 12.1 Å². The fourth-order valence-corrected chi connectivity index (χ4v) is 2.67. The first kappa shape index (κ1) is 13.3. The van der Waals surface area contributed by atoms with Crippen LogP contribution in [0.25, 0.3) is 0 Å². The van der Waals surface area contributed by atoms with Crippen LogP contribution in [0.2, 0.25) is 0 Å². The molecule has 0 amide bonds. The maximum absolute atomic E-state index is 5.89. The van der Waals surface area contributed by atoms with Gasteiger partial charge in [-0.3, -0.25) is 0 Å². The highest BCUT2D eigenvalue weighted by atomic mass is 16.5. The fourth-order valence-electron chi connectivity index (χ4n) is 2.67. The molecule has 0 bridgehead atoms. The number of fused-ring (bicyclic) bond motifs is 1. The van der Waals surface area contributed by atoms with Crippen LogP contribution in [0, 0.1) is 0 Å². The van der Waals surface area contributed by atoms with Crippen molar-refractivity contribution in [1.82, 2.24) is 5.32 Å². The van der Waals surface area contributed by atoms with Gasteiger partial charge in [0.25, 0.3) is 0 Å². The third-order valence-electron chi connectivity index (χ3n) is 3.58. The van der Waals surface area contributed by atoms with E-state index in [1.165, 1.54) is 11.1 Å². The van der Waals surface area contributed by atoms with Crippen LogP contribution in [0.4, 0.5) is 0 Å². The Hall–Kier alpha value is -1.74. The Kier molecular flexibility index (Phi) is 3.53. The van der Waals surface area contributed by atoms with Gasteiger partial charge >= 0.3 is 0 Å². The average molecular weight is 271 g/mol. The fraction of sp³-hybridized carbons (Fsp3) is 0.412. The average Bonchev–Trinajstić information content (AvgIpc) is 2.99. The number of rotatable bonds is 5. The molecular formula is C17H21NO2. The van der Waals surface area contributed by atoms with Crippen LogP contribution in [0.5, 0.6) is 5.75 Å². The zero-order chi connectivity index (χ0) is 14.0. The van der Waals surface area contributed by atoms with Gasteiger partial charge in [0.1, 0.15) is 17.1 Å². The second kappa shape index (κ2) is 5.33. The van der Waals surface area contributed by atoms with Crippen molar-refractivity contribution in [3.8, 4) is 5.75 Å². The van der Waals surface area contributed by atoms with Crippen molar-refractivity contribution in [1.29, 1.82) is 0 Å². The Morgan fingerprint density at radius 3 is 2.95 bits per heavy atom. The summed E-state index contributed by atoms with van der Waals surface area (Å²) in [4.78, 5) is 0. The summed E-state index contributed by atoms with van der Waals surface area (Å²) in [6, 6.07) is 10.4. The summed E-state index contributed by atoms with van der Waals surface area (Å²) in [6.45, 7) is 6.07. The quantitative estimate of drug-likeness (QED) is 0.847. The molecule has 1 aromatic carbocycles.